The number of hydrazine groups is 1. The van der Waals surface area contributed by atoms with Crippen LogP contribution in [0.2, 0.25) is 0 Å². The Morgan fingerprint density at radius 2 is 1.79 bits per heavy atom. The molecule has 1 fully saturated rings. The van der Waals surface area contributed by atoms with Gasteiger partial charge in [0.25, 0.3) is 5.91 Å². The number of nitrogens with one attached hydrogen (secondary N) is 3. The SMILES string of the molecule is CC(C)c1ccc(/C=N/NC(=O)C2CC(c3cccc4ccccc34)NN2)cc1. The average Bonchev–Trinajstić information content (AvgIpc) is 3.24. The molecular formula is C24H26N4O. The molecule has 1 amide bonds. The normalized spacial score (nSPS) is 19.3. The maximum atomic E-state index is 12.5. The molecule has 3 N–H and O–H groups in total. The van der Waals surface area contributed by atoms with Crippen molar-refractivity contribution in [2.75, 3.05) is 0 Å². The molecule has 4 rings (SSSR count). The summed E-state index contributed by atoms with van der Waals surface area (Å²) in [6.45, 7) is 4.33. The predicted molar refractivity (Wildman–Crippen MR) is 118 cm³/mol. The van der Waals surface area contributed by atoms with E-state index in [0.29, 0.717) is 12.3 Å². The summed E-state index contributed by atoms with van der Waals surface area (Å²) in [4.78, 5) is 12.5. The lowest BCUT2D eigenvalue weighted by atomic mass is 9.96. The predicted octanol–water partition coefficient (Wildman–Crippen LogP) is 4.02. The largest absolute Gasteiger partial charge is 0.271 e. The monoisotopic (exact) mass is 386 g/mol. The molecule has 0 spiro atoms. The Kier molecular flexibility index (Phi) is 5.69. The maximum Gasteiger partial charge on any atom is 0.258 e. The Hall–Kier alpha value is -3.02. The standard InChI is InChI=1S/C24H26N4O/c1-16(2)18-12-10-17(11-13-18)15-25-28-24(29)23-14-22(26-27-23)21-9-5-7-19-6-3-4-8-20(19)21/h3-13,15-16,22-23,26-27H,14H2,1-2H3,(H,28,29)/b25-15+. The summed E-state index contributed by atoms with van der Waals surface area (Å²) in [6.07, 6.45) is 2.34. The first kappa shape index (κ1) is 19.3. The van der Waals surface area contributed by atoms with Gasteiger partial charge in [-0.2, -0.15) is 5.10 Å². The van der Waals surface area contributed by atoms with Gasteiger partial charge in [-0.25, -0.2) is 16.3 Å². The lowest BCUT2D eigenvalue weighted by Gasteiger charge is -2.13. The van der Waals surface area contributed by atoms with Crippen molar-refractivity contribution in [2.45, 2.75) is 38.3 Å². The Balaban J connectivity index is 1.37. The van der Waals surface area contributed by atoms with Crippen molar-refractivity contribution >= 4 is 22.9 Å². The lowest BCUT2D eigenvalue weighted by Crippen LogP contribution is -2.41. The fraction of sp³-hybridized carbons (Fsp3) is 0.250. The highest BCUT2D eigenvalue weighted by Gasteiger charge is 2.30. The molecule has 3 aromatic carbocycles. The first-order valence-electron chi connectivity index (χ1n) is 10.0. The van der Waals surface area contributed by atoms with Gasteiger partial charge in [0, 0.05) is 6.04 Å². The first-order chi connectivity index (χ1) is 14.1. The topological polar surface area (TPSA) is 65.5 Å². The van der Waals surface area contributed by atoms with E-state index in [2.05, 4.69) is 77.7 Å². The highest BCUT2D eigenvalue weighted by molar-refractivity contribution is 5.87. The van der Waals surface area contributed by atoms with E-state index in [1.165, 1.54) is 21.9 Å². The van der Waals surface area contributed by atoms with Gasteiger partial charge in [0.1, 0.15) is 6.04 Å². The second-order valence-corrected chi connectivity index (χ2v) is 7.75. The number of carbonyl (C=O) groups excluding carboxylic acids is 1. The number of benzene rings is 3. The van der Waals surface area contributed by atoms with E-state index < -0.39 is 0 Å². The van der Waals surface area contributed by atoms with Crippen molar-refractivity contribution in [2.24, 2.45) is 5.10 Å². The van der Waals surface area contributed by atoms with Crippen LogP contribution in [-0.4, -0.2) is 18.2 Å². The summed E-state index contributed by atoms with van der Waals surface area (Å²) in [5, 5.41) is 6.52. The van der Waals surface area contributed by atoms with Crippen molar-refractivity contribution in [1.82, 2.24) is 16.3 Å². The number of amides is 1. The van der Waals surface area contributed by atoms with Crippen LogP contribution in [0.4, 0.5) is 0 Å². The smallest absolute Gasteiger partial charge is 0.258 e. The number of nitrogens with zero attached hydrogens (tertiary/aromatic N) is 1. The number of fused-ring (bicyclic) bond motifs is 1. The number of hydrogen-bond donors (Lipinski definition) is 3. The van der Waals surface area contributed by atoms with Crippen LogP contribution in [-0.2, 0) is 4.79 Å². The molecule has 29 heavy (non-hydrogen) atoms. The second kappa shape index (κ2) is 8.55. The summed E-state index contributed by atoms with van der Waals surface area (Å²) in [5.74, 6) is 0.353. The molecule has 5 nitrogen and oxygen atoms in total. The summed E-state index contributed by atoms with van der Waals surface area (Å²) < 4.78 is 0. The molecule has 148 valence electrons. The molecule has 0 saturated carbocycles. The molecule has 1 saturated heterocycles. The summed E-state index contributed by atoms with van der Waals surface area (Å²) in [6, 6.07) is 22.5. The van der Waals surface area contributed by atoms with Crippen molar-refractivity contribution in [3.8, 4) is 0 Å². The highest BCUT2D eigenvalue weighted by atomic mass is 16.2. The average molecular weight is 386 g/mol. The zero-order valence-electron chi connectivity index (χ0n) is 16.7. The molecule has 2 atom stereocenters. The number of carbonyl (C=O) groups is 1. The van der Waals surface area contributed by atoms with Gasteiger partial charge >= 0.3 is 0 Å². The molecule has 1 aliphatic rings. The van der Waals surface area contributed by atoms with E-state index in [1.54, 1.807) is 6.21 Å². The van der Waals surface area contributed by atoms with E-state index in [9.17, 15) is 4.79 Å². The summed E-state index contributed by atoms with van der Waals surface area (Å²) in [5.41, 5.74) is 12.4. The van der Waals surface area contributed by atoms with Crippen molar-refractivity contribution in [3.63, 3.8) is 0 Å². The molecule has 0 aliphatic carbocycles. The van der Waals surface area contributed by atoms with E-state index in [0.717, 1.165) is 5.56 Å². The van der Waals surface area contributed by atoms with Crippen LogP contribution in [0.3, 0.4) is 0 Å². The zero-order valence-corrected chi connectivity index (χ0v) is 16.7. The van der Waals surface area contributed by atoms with Crippen molar-refractivity contribution in [3.05, 3.63) is 83.4 Å². The molecule has 0 aromatic heterocycles. The van der Waals surface area contributed by atoms with Gasteiger partial charge in [0.15, 0.2) is 0 Å². The second-order valence-electron chi connectivity index (χ2n) is 7.75. The maximum absolute atomic E-state index is 12.5. The van der Waals surface area contributed by atoms with Crippen molar-refractivity contribution < 1.29 is 4.79 Å². The van der Waals surface area contributed by atoms with Crippen LogP contribution >= 0.6 is 0 Å². The van der Waals surface area contributed by atoms with Gasteiger partial charge in [0.2, 0.25) is 0 Å². The van der Waals surface area contributed by atoms with E-state index in [-0.39, 0.29) is 18.0 Å². The number of hydrazone groups is 1. The van der Waals surface area contributed by atoms with Crippen molar-refractivity contribution in [1.29, 1.82) is 0 Å². The first-order valence-corrected chi connectivity index (χ1v) is 10.0. The fourth-order valence-electron chi connectivity index (χ4n) is 3.70. The molecule has 2 unspecified atom stereocenters. The third kappa shape index (κ3) is 4.36. The minimum absolute atomic E-state index is 0.0735. The Bertz CT molecular complexity index is 1020. The molecular weight excluding hydrogens is 360 g/mol. The minimum atomic E-state index is -0.334. The molecule has 0 bridgehead atoms. The summed E-state index contributed by atoms with van der Waals surface area (Å²) in [7, 11) is 0. The van der Waals surface area contributed by atoms with Crippen LogP contribution in [0.15, 0.2) is 71.8 Å². The van der Waals surface area contributed by atoms with Crippen LogP contribution in [0, 0.1) is 0 Å². The molecule has 5 heteroatoms. The third-order valence-electron chi connectivity index (χ3n) is 5.41. The Morgan fingerprint density at radius 3 is 2.59 bits per heavy atom. The fourth-order valence-corrected chi connectivity index (χ4v) is 3.70. The van der Waals surface area contributed by atoms with Gasteiger partial charge in [-0.15, -0.1) is 0 Å². The Morgan fingerprint density at radius 1 is 1.03 bits per heavy atom. The van der Waals surface area contributed by atoms with Crippen LogP contribution in [0.1, 0.15) is 48.9 Å². The molecule has 3 aromatic rings. The lowest BCUT2D eigenvalue weighted by molar-refractivity contribution is -0.122. The van der Waals surface area contributed by atoms with Crippen LogP contribution < -0.4 is 16.3 Å². The van der Waals surface area contributed by atoms with E-state index >= 15 is 0 Å². The molecule has 1 aliphatic heterocycles. The Labute approximate surface area is 171 Å². The van der Waals surface area contributed by atoms with Gasteiger partial charge in [-0.05, 0) is 39.8 Å². The highest BCUT2D eigenvalue weighted by Crippen LogP contribution is 2.29. The quantitative estimate of drug-likeness (QED) is 0.458. The zero-order chi connectivity index (χ0) is 20.2. The van der Waals surface area contributed by atoms with Gasteiger partial charge in [-0.3, -0.25) is 4.79 Å². The van der Waals surface area contributed by atoms with E-state index in [1.807, 2.05) is 24.3 Å². The van der Waals surface area contributed by atoms with Gasteiger partial charge in [0.05, 0.1) is 6.21 Å². The minimum Gasteiger partial charge on any atom is -0.271 e. The molecule has 1 heterocycles. The number of rotatable bonds is 5. The summed E-state index contributed by atoms with van der Waals surface area (Å²) >= 11 is 0. The third-order valence-corrected chi connectivity index (χ3v) is 5.41. The van der Waals surface area contributed by atoms with Gasteiger partial charge in [-0.1, -0.05) is 80.6 Å². The van der Waals surface area contributed by atoms with Gasteiger partial charge < -0.3 is 0 Å². The van der Waals surface area contributed by atoms with E-state index in [4.69, 9.17) is 0 Å². The number of hydrogen-bond acceptors (Lipinski definition) is 4. The van der Waals surface area contributed by atoms with Crippen LogP contribution in [0.5, 0.6) is 0 Å². The molecule has 0 radical (unpaired) electrons. The van der Waals surface area contributed by atoms with Crippen LogP contribution in [0.25, 0.3) is 10.8 Å².